The summed E-state index contributed by atoms with van der Waals surface area (Å²) in [6.45, 7) is 2.97. The normalized spacial score (nSPS) is 27.3. The maximum atomic E-state index is 12.8. The molecule has 1 heterocycles. The van der Waals surface area contributed by atoms with Crippen molar-refractivity contribution in [2.24, 2.45) is 5.92 Å². The number of hydrogen-bond acceptors (Lipinski definition) is 3. The molecule has 3 amide bonds. The molecule has 124 valence electrons. The summed E-state index contributed by atoms with van der Waals surface area (Å²) in [5.74, 6) is 0.967. The van der Waals surface area contributed by atoms with E-state index in [1.807, 2.05) is 30.3 Å². The van der Waals surface area contributed by atoms with Gasteiger partial charge in [0.15, 0.2) is 0 Å². The summed E-state index contributed by atoms with van der Waals surface area (Å²) in [6.07, 6.45) is 4.53. The maximum absolute atomic E-state index is 12.8. The molecule has 1 saturated carbocycles. The molecule has 1 aromatic rings. The molecule has 0 radical (unpaired) electrons. The van der Waals surface area contributed by atoms with Crippen molar-refractivity contribution in [3.05, 3.63) is 30.3 Å². The lowest BCUT2D eigenvalue weighted by Gasteiger charge is -2.36. The van der Waals surface area contributed by atoms with Gasteiger partial charge in [-0.05, 0) is 37.3 Å². The lowest BCUT2D eigenvalue weighted by molar-refractivity contribution is -0.134. The van der Waals surface area contributed by atoms with E-state index in [4.69, 9.17) is 4.74 Å². The average molecular weight is 316 g/mol. The van der Waals surface area contributed by atoms with Crippen LogP contribution in [0.25, 0.3) is 0 Å². The van der Waals surface area contributed by atoms with Gasteiger partial charge in [-0.3, -0.25) is 9.69 Å². The first-order valence-electron chi connectivity index (χ1n) is 8.45. The summed E-state index contributed by atoms with van der Waals surface area (Å²) in [7, 11) is 0. The maximum Gasteiger partial charge on any atom is 0.325 e. The summed E-state index contributed by atoms with van der Waals surface area (Å²) < 4.78 is 5.62. The van der Waals surface area contributed by atoms with Gasteiger partial charge in [0.2, 0.25) is 0 Å². The SMILES string of the molecule is C[C@@H]1CCCC[C@]12NC(=O)N(CCCOc1ccccc1)C2=O. The molecule has 0 bridgehead atoms. The van der Waals surface area contributed by atoms with Gasteiger partial charge in [0.25, 0.3) is 5.91 Å². The first-order chi connectivity index (χ1) is 11.1. The number of rotatable bonds is 5. The third kappa shape index (κ3) is 3.05. The highest BCUT2D eigenvalue weighted by atomic mass is 16.5. The van der Waals surface area contributed by atoms with Gasteiger partial charge < -0.3 is 10.1 Å². The number of nitrogens with one attached hydrogen (secondary N) is 1. The minimum Gasteiger partial charge on any atom is -0.494 e. The number of amides is 3. The van der Waals surface area contributed by atoms with E-state index in [0.717, 1.165) is 31.4 Å². The van der Waals surface area contributed by atoms with Gasteiger partial charge in [-0.2, -0.15) is 0 Å². The Bertz CT molecular complexity index is 575. The van der Waals surface area contributed by atoms with E-state index in [-0.39, 0.29) is 17.9 Å². The van der Waals surface area contributed by atoms with Crippen molar-refractivity contribution >= 4 is 11.9 Å². The molecule has 1 saturated heterocycles. The Hall–Kier alpha value is -2.04. The Morgan fingerprint density at radius 2 is 2.04 bits per heavy atom. The molecular formula is C18H24N2O3. The fourth-order valence-corrected chi connectivity index (χ4v) is 3.63. The van der Waals surface area contributed by atoms with Crippen molar-refractivity contribution in [1.82, 2.24) is 10.2 Å². The zero-order valence-corrected chi connectivity index (χ0v) is 13.6. The molecule has 3 rings (SSSR count). The van der Waals surface area contributed by atoms with Crippen LogP contribution in [0.2, 0.25) is 0 Å². The molecular weight excluding hydrogens is 292 g/mol. The fraction of sp³-hybridized carbons (Fsp3) is 0.556. The highest BCUT2D eigenvalue weighted by molar-refractivity contribution is 6.07. The number of carbonyl (C=O) groups excluding carboxylic acids is 2. The molecule has 1 aliphatic heterocycles. The van der Waals surface area contributed by atoms with E-state index >= 15 is 0 Å². The van der Waals surface area contributed by atoms with Crippen LogP contribution < -0.4 is 10.1 Å². The number of para-hydroxylation sites is 1. The van der Waals surface area contributed by atoms with Crippen LogP contribution in [0, 0.1) is 5.92 Å². The average Bonchev–Trinajstić information content (AvgIpc) is 2.80. The Morgan fingerprint density at radius 1 is 1.26 bits per heavy atom. The minimum absolute atomic E-state index is 0.0468. The van der Waals surface area contributed by atoms with Gasteiger partial charge in [-0.25, -0.2) is 4.79 Å². The largest absolute Gasteiger partial charge is 0.494 e. The number of ether oxygens (including phenoxy) is 1. The predicted molar refractivity (Wildman–Crippen MR) is 87.2 cm³/mol. The molecule has 0 aromatic heterocycles. The highest BCUT2D eigenvalue weighted by Crippen LogP contribution is 2.38. The second-order valence-corrected chi connectivity index (χ2v) is 6.52. The van der Waals surface area contributed by atoms with Crippen LogP contribution in [0.4, 0.5) is 4.79 Å². The molecule has 23 heavy (non-hydrogen) atoms. The minimum atomic E-state index is -0.657. The zero-order valence-electron chi connectivity index (χ0n) is 13.6. The number of urea groups is 1. The van der Waals surface area contributed by atoms with Crippen molar-refractivity contribution < 1.29 is 14.3 Å². The molecule has 1 aromatic carbocycles. The molecule has 2 atom stereocenters. The van der Waals surface area contributed by atoms with Crippen molar-refractivity contribution in [3.63, 3.8) is 0 Å². The molecule has 5 heteroatoms. The predicted octanol–water partition coefficient (Wildman–Crippen LogP) is 2.96. The van der Waals surface area contributed by atoms with Crippen LogP contribution in [-0.4, -0.2) is 35.5 Å². The van der Waals surface area contributed by atoms with E-state index in [2.05, 4.69) is 12.2 Å². The number of nitrogens with zero attached hydrogens (tertiary/aromatic N) is 1. The summed E-state index contributed by atoms with van der Waals surface area (Å²) in [5, 5.41) is 2.97. The molecule has 5 nitrogen and oxygen atoms in total. The lowest BCUT2D eigenvalue weighted by Crippen LogP contribution is -2.53. The number of imide groups is 1. The lowest BCUT2D eigenvalue weighted by atomic mass is 9.73. The first kappa shape index (κ1) is 15.8. The van der Waals surface area contributed by atoms with E-state index in [1.54, 1.807) is 0 Å². The summed E-state index contributed by atoms with van der Waals surface area (Å²) in [5.41, 5.74) is -0.657. The summed E-state index contributed by atoms with van der Waals surface area (Å²) in [4.78, 5) is 26.4. The molecule has 2 aliphatic rings. The van der Waals surface area contributed by atoms with Crippen LogP contribution in [0.15, 0.2) is 30.3 Å². The second kappa shape index (κ2) is 6.60. The van der Waals surface area contributed by atoms with Gasteiger partial charge in [0, 0.05) is 6.54 Å². The number of carbonyl (C=O) groups is 2. The zero-order chi connectivity index (χ0) is 16.3. The topological polar surface area (TPSA) is 58.6 Å². The van der Waals surface area contributed by atoms with Crippen molar-refractivity contribution in [2.75, 3.05) is 13.2 Å². The third-order valence-electron chi connectivity index (χ3n) is 5.04. The van der Waals surface area contributed by atoms with Crippen molar-refractivity contribution in [1.29, 1.82) is 0 Å². The molecule has 2 fully saturated rings. The van der Waals surface area contributed by atoms with Crippen LogP contribution >= 0.6 is 0 Å². The Balaban J connectivity index is 1.54. The van der Waals surface area contributed by atoms with Gasteiger partial charge >= 0.3 is 6.03 Å². The highest BCUT2D eigenvalue weighted by Gasteiger charge is 2.54. The van der Waals surface area contributed by atoms with Crippen LogP contribution in [0.3, 0.4) is 0 Å². The number of hydrogen-bond donors (Lipinski definition) is 1. The Labute approximate surface area is 137 Å². The quantitative estimate of drug-likeness (QED) is 0.671. The van der Waals surface area contributed by atoms with E-state index in [0.29, 0.717) is 19.6 Å². The Morgan fingerprint density at radius 3 is 2.78 bits per heavy atom. The molecule has 0 unspecified atom stereocenters. The smallest absolute Gasteiger partial charge is 0.325 e. The van der Waals surface area contributed by atoms with E-state index in [9.17, 15) is 9.59 Å². The molecule has 1 aliphatic carbocycles. The molecule has 1 spiro atoms. The van der Waals surface area contributed by atoms with Crippen LogP contribution in [0.1, 0.15) is 39.0 Å². The van der Waals surface area contributed by atoms with Gasteiger partial charge in [-0.1, -0.05) is 38.0 Å². The summed E-state index contributed by atoms with van der Waals surface area (Å²) in [6, 6.07) is 9.31. The van der Waals surface area contributed by atoms with E-state index < -0.39 is 5.54 Å². The second-order valence-electron chi connectivity index (χ2n) is 6.52. The fourth-order valence-electron chi connectivity index (χ4n) is 3.63. The van der Waals surface area contributed by atoms with Crippen LogP contribution in [0.5, 0.6) is 5.75 Å². The standard InChI is InChI=1S/C18H24N2O3/c1-14-8-5-6-11-18(14)16(21)20(17(22)19-18)12-7-13-23-15-9-3-2-4-10-15/h2-4,9-10,14H,5-8,11-13H2,1H3,(H,19,22)/t14-,18+/m1/s1. The van der Waals surface area contributed by atoms with Crippen molar-refractivity contribution in [2.45, 2.75) is 44.6 Å². The van der Waals surface area contributed by atoms with Gasteiger partial charge in [0.05, 0.1) is 6.61 Å². The Kier molecular flexibility index (Phi) is 4.55. The van der Waals surface area contributed by atoms with E-state index in [1.165, 1.54) is 4.90 Å². The number of benzene rings is 1. The van der Waals surface area contributed by atoms with Gasteiger partial charge in [-0.15, -0.1) is 0 Å². The molecule has 1 N–H and O–H groups in total. The first-order valence-corrected chi connectivity index (χ1v) is 8.45. The van der Waals surface area contributed by atoms with Gasteiger partial charge in [0.1, 0.15) is 11.3 Å². The summed E-state index contributed by atoms with van der Waals surface area (Å²) >= 11 is 0. The third-order valence-corrected chi connectivity index (χ3v) is 5.04. The van der Waals surface area contributed by atoms with Crippen LogP contribution in [-0.2, 0) is 4.79 Å². The monoisotopic (exact) mass is 316 g/mol. The van der Waals surface area contributed by atoms with Crippen molar-refractivity contribution in [3.8, 4) is 5.75 Å².